The van der Waals surface area contributed by atoms with E-state index >= 15 is 0 Å². The first kappa shape index (κ1) is 15.3. The molecule has 0 fully saturated rings. The molecule has 3 aromatic rings. The predicted molar refractivity (Wildman–Crippen MR) is 86.2 cm³/mol. The van der Waals surface area contributed by atoms with Crippen molar-refractivity contribution in [2.24, 2.45) is 5.41 Å². The van der Waals surface area contributed by atoms with Gasteiger partial charge in [0.1, 0.15) is 12.1 Å². The summed E-state index contributed by atoms with van der Waals surface area (Å²) in [6, 6.07) is 1.74. The van der Waals surface area contributed by atoms with Crippen LogP contribution in [0.5, 0.6) is 0 Å². The Morgan fingerprint density at radius 2 is 1.91 bits per heavy atom. The smallest absolute Gasteiger partial charge is 0.252 e. The molecule has 0 aliphatic carbocycles. The molecule has 8 nitrogen and oxygen atoms in total. The third-order valence-electron chi connectivity index (χ3n) is 3.57. The minimum Gasteiger partial charge on any atom is -0.391 e. The number of hydrogen-bond donors (Lipinski definition) is 2. The van der Waals surface area contributed by atoms with E-state index in [2.05, 4.69) is 30.4 Å². The van der Waals surface area contributed by atoms with E-state index in [4.69, 9.17) is 0 Å². The van der Waals surface area contributed by atoms with Crippen LogP contribution in [0.2, 0.25) is 0 Å². The van der Waals surface area contributed by atoms with Crippen LogP contribution in [0.25, 0.3) is 17.0 Å². The molecule has 1 atom stereocenters. The van der Waals surface area contributed by atoms with Gasteiger partial charge in [-0.2, -0.15) is 9.78 Å². The zero-order valence-corrected chi connectivity index (χ0v) is 13.3. The summed E-state index contributed by atoms with van der Waals surface area (Å²) >= 11 is 0. The standard InChI is InChI=1S/C15H19N7O/c1-15(2,3)11(23)8-18-12-10-7-21-22(13(10)20-9-19-12)14-16-5-4-6-17-14/h4-7,9,11,23H,8H2,1-3H3,(H,18,19,20). The Labute approximate surface area is 133 Å². The Balaban J connectivity index is 1.90. The van der Waals surface area contributed by atoms with Gasteiger partial charge in [0.05, 0.1) is 17.7 Å². The number of aliphatic hydroxyl groups excluding tert-OH is 1. The van der Waals surface area contributed by atoms with Crippen molar-refractivity contribution >= 4 is 16.9 Å². The lowest BCUT2D eigenvalue weighted by molar-refractivity contribution is 0.0745. The lowest BCUT2D eigenvalue weighted by atomic mass is 9.89. The highest BCUT2D eigenvalue weighted by molar-refractivity contribution is 5.86. The second-order valence-corrected chi connectivity index (χ2v) is 6.33. The van der Waals surface area contributed by atoms with E-state index in [1.54, 1.807) is 29.3 Å². The molecule has 0 bridgehead atoms. The van der Waals surface area contributed by atoms with Crippen LogP contribution in [0.4, 0.5) is 5.82 Å². The summed E-state index contributed by atoms with van der Waals surface area (Å²) in [6.45, 7) is 6.35. The molecule has 0 saturated heterocycles. The predicted octanol–water partition coefficient (Wildman–Crippen LogP) is 1.42. The summed E-state index contributed by atoms with van der Waals surface area (Å²) < 4.78 is 1.56. The Morgan fingerprint density at radius 3 is 2.61 bits per heavy atom. The van der Waals surface area contributed by atoms with Gasteiger partial charge >= 0.3 is 0 Å². The summed E-state index contributed by atoms with van der Waals surface area (Å²) in [5.74, 6) is 1.07. The van der Waals surface area contributed by atoms with Gasteiger partial charge in [0.2, 0.25) is 0 Å². The van der Waals surface area contributed by atoms with E-state index in [0.29, 0.717) is 24.0 Å². The maximum Gasteiger partial charge on any atom is 0.252 e. The van der Waals surface area contributed by atoms with Crippen molar-refractivity contribution in [3.05, 3.63) is 31.0 Å². The van der Waals surface area contributed by atoms with Gasteiger partial charge in [-0.3, -0.25) is 0 Å². The van der Waals surface area contributed by atoms with Crippen LogP contribution in [0.3, 0.4) is 0 Å². The molecule has 0 aromatic carbocycles. The average Bonchev–Trinajstić information content (AvgIpc) is 2.97. The third-order valence-corrected chi connectivity index (χ3v) is 3.57. The van der Waals surface area contributed by atoms with E-state index in [0.717, 1.165) is 5.39 Å². The monoisotopic (exact) mass is 313 g/mol. The molecule has 23 heavy (non-hydrogen) atoms. The second-order valence-electron chi connectivity index (χ2n) is 6.33. The van der Waals surface area contributed by atoms with Crippen LogP contribution in [0.1, 0.15) is 20.8 Å². The van der Waals surface area contributed by atoms with Crippen molar-refractivity contribution < 1.29 is 5.11 Å². The number of rotatable bonds is 4. The van der Waals surface area contributed by atoms with E-state index in [1.165, 1.54) is 6.33 Å². The number of anilines is 1. The van der Waals surface area contributed by atoms with Gasteiger partial charge in [0, 0.05) is 18.9 Å². The number of aliphatic hydroxyl groups is 1. The van der Waals surface area contributed by atoms with E-state index < -0.39 is 6.10 Å². The van der Waals surface area contributed by atoms with Crippen molar-refractivity contribution in [2.45, 2.75) is 26.9 Å². The van der Waals surface area contributed by atoms with Gasteiger partial charge < -0.3 is 10.4 Å². The number of hydrogen-bond acceptors (Lipinski definition) is 7. The first-order valence-corrected chi connectivity index (χ1v) is 7.35. The lowest BCUT2D eigenvalue weighted by Gasteiger charge is -2.26. The highest BCUT2D eigenvalue weighted by Gasteiger charge is 2.22. The van der Waals surface area contributed by atoms with Gasteiger partial charge in [0.15, 0.2) is 5.65 Å². The fraction of sp³-hybridized carbons (Fsp3) is 0.400. The molecular weight excluding hydrogens is 294 g/mol. The van der Waals surface area contributed by atoms with E-state index in [9.17, 15) is 5.11 Å². The SMILES string of the molecule is CC(C)(C)C(O)CNc1ncnc2c1cnn2-c1ncccn1. The maximum absolute atomic E-state index is 10.2. The van der Waals surface area contributed by atoms with Crippen molar-refractivity contribution in [3.8, 4) is 5.95 Å². The summed E-state index contributed by atoms with van der Waals surface area (Å²) in [4.78, 5) is 16.9. The molecule has 1 unspecified atom stereocenters. The molecule has 8 heteroatoms. The molecule has 0 spiro atoms. The summed E-state index contributed by atoms with van der Waals surface area (Å²) in [5, 5.41) is 18.4. The van der Waals surface area contributed by atoms with Crippen molar-refractivity contribution in [3.63, 3.8) is 0 Å². The van der Waals surface area contributed by atoms with Gasteiger partial charge in [0.25, 0.3) is 5.95 Å². The Hall–Kier alpha value is -2.61. The second kappa shape index (κ2) is 5.88. The molecular formula is C15H19N7O. The topological polar surface area (TPSA) is 102 Å². The average molecular weight is 313 g/mol. The first-order chi connectivity index (χ1) is 11.0. The first-order valence-electron chi connectivity index (χ1n) is 7.35. The van der Waals surface area contributed by atoms with E-state index in [-0.39, 0.29) is 5.41 Å². The van der Waals surface area contributed by atoms with Crippen LogP contribution in [0, 0.1) is 5.41 Å². The van der Waals surface area contributed by atoms with Crippen molar-refractivity contribution in [1.29, 1.82) is 0 Å². The summed E-state index contributed by atoms with van der Waals surface area (Å²) in [7, 11) is 0. The van der Waals surface area contributed by atoms with Gasteiger partial charge in [-0.1, -0.05) is 20.8 Å². The zero-order valence-electron chi connectivity index (χ0n) is 13.3. The fourth-order valence-electron chi connectivity index (χ4n) is 2.03. The fourth-order valence-corrected chi connectivity index (χ4v) is 2.03. The Kier molecular flexibility index (Phi) is 3.91. The lowest BCUT2D eigenvalue weighted by Crippen LogP contribution is -2.33. The van der Waals surface area contributed by atoms with Gasteiger partial charge in [-0.25, -0.2) is 19.9 Å². The molecule has 0 saturated carbocycles. The molecule has 3 aromatic heterocycles. The molecule has 0 amide bonds. The minimum atomic E-state index is -0.500. The van der Waals surface area contributed by atoms with Crippen molar-refractivity contribution in [2.75, 3.05) is 11.9 Å². The quantitative estimate of drug-likeness (QED) is 0.751. The molecule has 0 aliphatic heterocycles. The normalized spacial score (nSPS) is 13.2. The zero-order chi connectivity index (χ0) is 16.4. The van der Waals surface area contributed by atoms with Crippen LogP contribution in [0.15, 0.2) is 31.0 Å². The summed E-state index contributed by atoms with van der Waals surface area (Å²) in [5.41, 5.74) is 0.403. The number of fused-ring (bicyclic) bond motifs is 1. The number of nitrogens with one attached hydrogen (secondary N) is 1. The van der Waals surface area contributed by atoms with Gasteiger partial charge in [-0.05, 0) is 11.5 Å². The van der Waals surface area contributed by atoms with Crippen molar-refractivity contribution in [1.82, 2.24) is 29.7 Å². The highest BCUT2D eigenvalue weighted by atomic mass is 16.3. The van der Waals surface area contributed by atoms with Crippen LogP contribution in [-0.2, 0) is 0 Å². The maximum atomic E-state index is 10.2. The molecule has 0 aliphatic rings. The molecule has 3 rings (SSSR count). The molecule has 2 N–H and O–H groups in total. The van der Waals surface area contributed by atoms with Crippen LogP contribution >= 0.6 is 0 Å². The summed E-state index contributed by atoms with van der Waals surface area (Å²) in [6.07, 6.45) is 5.92. The van der Waals surface area contributed by atoms with E-state index in [1.807, 2.05) is 20.8 Å². The number of aromatic nitrogens is 6. The third kappa shape index (κ3) is 3.11. The molecule has 0 radical (unpaired) electrons. The van der Waals surface area contributed by atoms with Gasteiger partial charge in [-0.15, -0.1) is 0 Å². The van der Waals surface area contributed by atoms with Crippen LogP contribution < -0.4 is 5.32 Å². The van der Waals surface area contributed by atoms with Crippen LogP contribution in [-0.4, -0.2) is 47.5 Å². The largest absolute Gasteiger partial charge is 0.391 e. The molecule has 3 heterocycles. The Bertz CT molecular complexity index is 794. The minimum absolute atomic E-state index is 0.207. The Morgan fingerprint density at radius 1 is 1.17 bits per heavy atom. The number of nitrogens with zero attached hydrogens (tertiary/aromatic N) is 6. The molecule has 120 valence electrons. The highest BCUT2D eigenvalue weighted by Crippen LogP contribution is 2.22.